The van der Waals surface area contributed by atoms with Crippen LogP contribution in [0.5, 0.6) is 17.2 Å². The Bertz CT molecular complexity index is 3570. The number of benzene rings is 7. The van der Waals surface area contributed by atoms with Gasteiger partial charge in [-0.15, -0.1) is 0 Å². The highest BCUT2D eigenvalue weighted by Crippen LogP contribution is 2.60. The normalized spacial score (nSPS) is 17.6. The summed E-state index contributed by atoms with van der Waals surface area (Å²) in [6.45, 7) is 13.2. The molecule has 13 heteroatoms. The third kappa shape index (κ3) is 20.9. The Morgan fingerprint density at radius 3 is 1.48 bits per heavy atom. The number of ether oxygens (including phenoxy) is 11. The second-order valence-electron chi connectivity index (χ2n) is 26.4. The molecule has 4 bridgehead atoms. The van der Waals surface area contributed by atoms with Crippen LogP contribution < -0.4 is 19.5 Å². The lowest BCUT2D eigenvalue weighted by Crippen LogP contribution is -2.50. The van der Waals surface area contributed by atoms with E-state index in [1.54, 1.807) is 0 Å². The van der Waals surface area contributed by atoms with Crippen molar-refractivity contribution in [1.82, 2.24) is 0 Å². The first-order valence-electron chi connectivity index (χ1n) is 35.8. The Balaban J connectivity index is 0.461. The molecule has 0 unspecified atom stereocenters. The van der Waals surface area contributed by atoms with Crippen LogP contribution in [0.4, 0.5) is 5.69 Å². The monoisotopic (exact) mass is 1340 g/mol. The molecule has 99 heavy (non-hydrogen) atoms. The van der Waals surface area contributed by atoms with Crippen molar-refractivity contribution in [3.05, 3.63) is 250 Å². The van der Waals surface area contributed by atoms with Gasteiger partial charge < -0.3 is 57.4 Å². The fourth-order valence-corrected chi connectivity index (χ4v) is 15.0. The molecule has 5 aliphatic carbocycles. The van der Waals surface area contributed by atoms with Crippen LogP contribution in [0, 0.1) is 48.9 Å². The maximum absolute atomic E-state index is 13.0. The molecule has 0 radical (unpaired) electrons. The summed E-state index contributed by atoms with van der Waals surface area (Å²) < 4.78 is 64.0. The Labute approximate surface area is 587 Å². The van der Waals surface area contributed by atoms with Gasteiger partial charge >= 0.3 is 5.97 Å². The van der Waals surface area contributed by atoms with Crippen molar-refractivity contribution in [2.45, 2.75) is 77.0 Å². The fraction of sp³-hybridized carbons (Fsp3) is 0.407. The second-order valence-corrected chi connectivity index (χ2v) is 26.4. The maximum Gasteiger partial charge on any atom is 0.312 e. The molecule has 4 fully saturated rings. The van der Waals surface area contributed by atoms with E-state index in [0.717, 1.165) is 107 Å². The predicted octanol–water partition coefficient (Wildman–Crippen LogP) is 15.9. The molecule has 4 saturated carbocycles. The molecule has 0 atom stereocenters. The van der Waals surface area contributed by atoms with E-state index < -0.39 is 5.41 Å². The number of hydrogen-bond donors (Lipinski definition) is 1. The van der Waals surface area contributed by atoms with Crippen molar-refractivity contribution in [3.63, 3.8) is 0 Å². The molecule has 0 heterocycles. The van der Waals surface area contributed by atoms with Crippen LogP contribution in [0.25, 0.3) is 11.1 Å². The van der Waals surface area contributed by atoms with Gasteiger partial charge in [0.25, 0.3) is 0 Å². The Kier molecular flexibility index (Phi) is 27.9. The summed E-state index contributed by atoms with van der Waals surface area (Å²) in [6, 6.07) is 61.9. The zero-order chi connectivity index (χ0) is 68.0. The lowest BCUT2D eigenvalue weighted by Gasteiger charge is -2.55. The van der Waals surface area contributed by atoms with E-state index in [1.165, 1.54) is 52.7 Å². The topological polar surface area (TPSA) is 131 Å². The van der Waals surface area contributed by atoms with E-state index in [9.17, 15) is 4.79 Å². The molecule has 0 aromatic heterocycles. The molecule has 13 nitrogen and oxygen atoms in total. The highest BCUT2D eigenvalue weighted by Gasteiger charge is 2.55. The quantitative estimate of drug-likeness (QED) is 0.0169. The summed E-state index contributed by atoms with van der Waals surface area (Å²) in [6.07, 6.45) is 18.5. The number of carbonyl (C=O) groups is 1. The van der Waals surface area contributed by atoms with Gasteiger partial charge in [-0.25, -0.2) is 0 Å². The van der Waals surface area contributed by atoms with Crippen molar-refractivity contribution >= 4 is 22.8 Å². The van der Waals surface area contributed by atoms with Crippen LogP contribution in [-0.4, -0.2) is 131 Å². The van der Waals surface area contributed by atoms with Crippen molar-refractivity contribution in [2.24, 2.45) is 23.2 Å². The Morgan fingerprint density at radius 2 is 0.939 bits per heavy atom. The molecule has 520 valence electrons. The largest absolute Gasteiger partial charge is 0.491 e. The zero-order valence-corrected chi connectivity index (χ0v) is 58.0. The molecule has 1 N–H and O–H groups in total. The van der Waals surface area contributed by atoms with Crippen LogP contribution in [0.1, 0.15) is 101 Å². The lowest BCUT2D eigenvalue weighted by molar-refractivity contribution is -0.173. The second kappa shape index (κ2) is 38.3. The fourth-order valence-electron chi connectivity index (χ4n) is 15.0. The molecule has 5 aliphatic rings. The number of hydrogen-bond acceptors (Lipinski definition) is 13. The minimum absolute atomic E-state index is 0.0136. The van der Waals surface area contributed by atoms with Gasteiger partial charge in [0.15, 0.2) is 0 Å². The van der Waals surface area contributed by atoms with Crippen LogP contribution in [0.3, 0.4) is 0 Å². The summed E-state index contributed by atoms with van der Waals surface area (Å²) in [5, 5.41) is 3.38. The van der Waals surface area contributed by atoms with Gasteiger partial charge in [-0.05, 0) is 187 Å². The first-order chi connectivity index (χ1) is 48.8. The number of nitrogens with one attached hydrogen (secondary N) is 1. The molecular formula is C86H99NO12. The highest BCUT2D eigenvalue weighted by atomic mass is 16.6. The number of allylic oxidation sites excluding steroid dienone is 6. The van der Waals surface area contributed by atoms with Crippen LogP contribution >= 0.6 is 0 Å². The van der Waals surface area contributed by atoms with Crippen LogP contribution in [0.2, 0.25) is 0 Å². The van der Waals surface area contributed by atoms with E-state index in [4.69, 9.17) is 52.1 Å². The van der Waals surface area contributed by atoms with E-state index in [1.807, 2.05) is 24.3 Å². The Morgan fingerprint density at radius 1 is 0.475 bits per heavy atom. The number of carbonyl (C=O) groups excluding carboxylic acids is 1. The average molecular weight is 1340 g/mol. The predicted molar refractivity (Wildman–Crippen MR) is 392 cm³/mol. The molecule has 7 aromatic rings. The molecular weight excluding hydrogens is 1240 g/mol. The van der Waals surface area contributed by atoms with Crippen molar-refractivity contribution in [2.75, 3.05) is 131 Å². The standard InChI is InChI=1S/C86H99NO12/c1-66-58-79(86(76-19-6-3-7-20-76,77-21-8-4-9-22-77)78-23-10-5-11-24-78)59-67(2)83(66)98-57-56-97-81-35-25-68(26-36-81)16-15-41-90-43-45-92-47-49-93-48-46-91-44-42-89-40-13-12-39-87-80-33-29-74(30-34-80)72-17-14-18-73(28-27-72)75-31-37-82(38-32-75)96-54-52-94-50-51-95-53-55-99-84(88)85-63-69-60-70(64-85)62-71(61-69)65-85/h3-11,14,17,19-38,58-59,69-71,87H,15-16,18,39-57,60-65H2,1-2H3. The number of anilines is 1. The van der Waals surface area contributed by atoms with E-state index >= 15 is 0 Å². The molecule has 0 spiro atoms. The minimum atomic E-state index is -0.511. The molecule has 7 aromatic carbocycles. The third-order valence-corrected chi connectivity index (χ3v) is 19.3. The zero-order valence-electron chi connectivity index (χ0n) is 58.0. The van der Waals surface area contributed by atoms with Gasteiger partial charge in [-0.1, -0.05) is 176 Å². The summed E-state index contributed by atoms with van der Waals surface area (Å²) in [7, 11) is 0. The van der Waals surface area contributed by atoms with Crippen LogP contribution in [0.15, 0.2) is 200 Å². The summed E-state index contributed by atoms with van der Waals surface area (Å²) >= 11 is 0. The minimum Gasteiger partial charge on any atom is -0.491 e. The lowest BCUT2D eigenvalue weighted by atomic mass is 9.49. The van der Waals surface area contributed by atoms with Crippen molar-refractivity contribution in [3.8, 4) is 29.1 Å². The number of aryl methyl sites for hydroxylation is 3. The van der Waals surface area contributed by atoms with Gasteiger partial charge in [0, 0.05) is 12.3 Å². The molecule has 12 rings (SSSR count). The van der Waals surface area contributed by atoms with Gasteiger partial charge in [0.2, 0.25) is 0 Å². The van der Waals surface area contributed by atoms with E-state index in [0.29, 0.717) is 125 Å². The van der Waals surface area contributed by atoms with Crippen LogP contribution in [-0.2, 0) is 54.5 Å². The first kappa shape index (κ1) is 72.0. The van der Waals surface area contributed by atoms with Gasteiger partial charge in [-0.3, -0.25) is 4.79 Å². The highest BCUT2D eigenvalue weighted by molar-refractivity contribution is 5.81. The van der Waals surface area contributed by atoms with E-state index in [2.05, 4.69) is 207 Å². The number of rotatable bonds is 41. The van der Waals surface area contributed by atoms with Gasteiger partial charge in [0.1, 0.15) is 50.3 Å². The smallest absolute Gasteiger partial charge is 0.312 e. The Hall–Kier alpha value is -8.29. The SMILES string of the molecule is Cc1cc(C(c2ccccc2)(c2ccccc2)c2ccccc2)cc(C)c1OCCOc1ccc(CCCOCCOCCOCCOCCOCC#CCNc2ccc(C3=CC=C(c4ccc(OCCOCCOCCOC(=O)C56CC7CC(CC(C7)C5)C6)cc4)CC=C3)cc2)cc1. The average Bonchev–Trinajstić information content (AvgIpc) is 0.796. The van der Waals surface area contributed by atoms with Gasteiger partial charge in [-0.2, -0.15) is 0 Å². The summed E-state index contributed by atoms with van der Waals surface area (Å²) in [5.74, 6) is 10.9. The third-order valence-electron chi connectivity index (χ3n) is 19.3. The molecule has 0 saturated heterocycles. The van der Waals surface area contributed by atoms with E-state index in [-0.39, 0.29) is 11.4 Å². The van der Waals surface area contributed by atoms with Crippen molar-refractivity contribution in [1.29, 1.82) is 0 Å². The summed E-state index contributed by atoms with van der Waals surface area (Å²) in [5.41, 5.74) is 13.2. The van der Waals surface area contributed by atoms with Gasteiger partial charge in [0.05, 0.1) is 96.7 Å². The molecule has 0 aliphatic heterocycles. The maximum atomic E-state index is 13.0. The summed E-state index contributed by atoms with van der Waals surface area (Å²) in [4.78, 5) is 13.0. The molecule has 0 amide bonds. The van der Waals surface area contributed by atoms with Crippen molar-refractivity contribution < 1.29 is 56.9 Å². The number of esters is 1. The first-order valence-corrected chi connectivity index (χ1v) is 35.8.